The molecule has 0 bridgehead atoms. The zero-order valence-electron chi connectivity index (χ0n) is 14.0. The van der Waals surface area contributed by atoms with E-state index < -0.39 is 5.97 Å². The number of ether oxygens (including phenoxy) is 1. The van der Waals surface area contributed by atoms with Gasteiger partial charge in [0, 0.05) is 5.56 Å². The first kappa shape index (κ1) is 17.4. The summed E-state index contributed by atoms with van der Waals surface area (Å²) >= 11 is 0. The topological polar surface area (TPSA) is 67.2 Å². The molecule has 0 saturated heterocycles. The van der Waals surface area contributed by atoms with Crippen molar-refractivity contribution < 1.29 is 14.3 Å². The van der Waals surface area contributed by atoms with E-state index in [4.69, 9.17) is 10.00 Å². The van der Waals surface area contributed by atoms with Gasteiger partial charge in [0.15, 0.2) is 12.4 Å². The highest BCUT2D eigenvalue weighted by atomic mass is 16.5. The van der Waals surface area contributed by atoms with Crippen LogP contribution >= 0.6 is 0 Å². The maximum Gasteiger partial charge on any atom is 0.338 e. The standard InChI is InChI=1S/C20H19NO3/c1-20(2,3)17-9-7-15(8-10-17)18(22)13-24-19(23)16-6-4-5-14(11-16)12-21/h4-11H,13H2,1-3H3. The van der Waals surface area contributed by atoms with E-state index >= 15 is 0 Å². The van der Waals surface area contributed by atoms with Crippen LogP contribution in [0.2, 0.25) is 0 Å². The highest BCUT2D eigenvalue weighted by Crippen LogP contribution is 2.22. The third kappa shape index (κ3) is 4.30. The van der Waals surface area contributed by atoms with Gasteiger partial charge in [-0.2, -0.15) is 5.26 Å². The molecule has 0 radical (unpaired) electrons. The van der Waals surface area contributed by atoms with Crippen LogP contribution in [0, 0.1) is 11.3 Å². The lowest BCUT2D eigenvalue weighted by Gasteiger charge is -2.18. The summed E-state index contributed by atoms with van der Waals surface area (Å²) in [6.45, 7) is 5.97. The lowest BCUT2D eigenvalue weighted by molar-refractivity contribution is 0.0474. The highest BCUT2D eigenvalue weighted by Gasteiger charge is 2.15. The Kier molecular flexibility index (Phi) is 5.15. The second-order valence-corrected chi connectivity index (χ2v) is 6.52. The Morgan fingerprint density at radius 1 is 1.04 bits per heavy atom. The van der Waals surface area contributed by atoms with E-state index in [1.54, 1.807) is 30.3 Å². The van der Waals surface area contributed by atoms with Crippen LogP contribution in [0.4, 0.5) is 0 Å². The van der Waals surface area contributed by atoms with E-state index in [1.807, 2.05) is 18.2 Å². The molecule has 0 heterocycles. The van der Waals surface area contributed by atoms with Gasteiger partial charge >= 0.3 is 5.97 Å². The van der Waals surface area contributed by atoms with E-state index in [2.05, 4.69) is 20.8 Å². The average Bonchev–Trinajstić information content (AvgIpc) is 2.58. The quantitative estimate of drug-likeness (QED) is 0.633. The minimum absolute atomic E-state index is 0.0137. The molecule has 0 amide bonds. The van der Waals surface area contributed by atoms with Crippen LogP contribution in [0.25, 0.3) is 0 Å². The summed E-state index contributed by atoms with van der Waals surface area (Å²) in [6.07, 6.45) is 0. The van der Waals surface area contributed by atoms with Gasteiger partial charge in [-0.1, -0.05) is 51.1 Å². The number of nitrogens with zero attached hydrogens (tertiary/aromatic N) is 1. The molecule has 4 nitrogen and oxygen atoms in total. The minimum atomic E-state index is -0.619. The Labute approximate surface area is 141 Å². The molecule has 0 saturated carbocycles. The number of nitriles is 1. The zero-order chi connectivity index (χ0) is 17.7. The summed E-state index contributed by atoms with van der Waals surface area (Å²) in [5.41, 5.74) is 2.27. The van der Waals surface area contributed by atoms with Gasteiger partial charge in [-0.05, 0) is 29.2 Å². The van der Waals surface area contributed by atoms with Gasteiger partial charge in [-0.3, -0.25) is 4.79 Å². The maximum atomic E-state index is 12.1. The molecule has 0 unspecified atom stereocenters. The van der Waals surface area contributed by atoms with E-state index in [1.165, 1.54) is 6.07 Å². The lowest BCUT2D eigenvalue weighted by Crippen LogP contribution is -2.15. The Morgan fingerprint density at radius 2 is 1.71 bits per heavy atom. The zero-order valence-corrected chi connectivity index (χ0v) is 14.0. The van der Waals surface area contributed by atoms with Gasteiger partial charge in [-0.15, -0.1) is 0 Å². The van der Waals surface area contributed by atoms with Crippen molar-refractivity contribution in [3.63, 3.8) is 0 Å². The van der Waals surface area contributed by atoms with Crippen molar-refractivity contribution >= 4 is 11.8 Å². The fraction of sp³-hybridized carbons (Fsp3) is 0.250. The van der Waals surface area contributed by atoms with Crippen LogP contribution in [-0.4, -0.2) is 18.4 Å². The summed E-state index contributed by atoms with van der Waals surface area (Å²) < 4.78 is 5.04. The average molecular weight is 321 g/mol. The molecule has 0 atom stereocenters. The monoisotopic (exact) mass is 321 g/mol. The van der Waals surface area contributed by atoms with Crippen molar-refractivity contribution in [3.8, 4) is 6.07 Å². The van der Waals surface area contributed by atoms with Crippen molar-refractivity contribution in [1.82, 2.24) is 0 Å². The van der Waals surface area contributed by atoms with Crippen molar-refractivity contribution in [2.75, 3.05) is 6.61 Å². The van der Waals surface area contributed by atoms with E-state index in [-0.39, 0.29) is 23.4 Å². The van der Waals surface area contributed by atoms with Gasteiger partial charge in [0.2, 0.25) is 0 Å². The number of ketones is 1. The molecular formula is C20H19NO3. The van der Waals surface area contributed by atoms with Crippen molar-refractivity contribution in [3.05, 3.63) is 70.8 Å². The number of benzene rings is 2. The second-order valence-electron chi connectivity index (χ2n) is 6.52. The molecule has 24 heavy (non-hydrogen) atoms. The van der Waals surface area contributed by atoms with E-state index in [0.29, 0.717) is 11.1 Å². The van der Waals surface area contributed by atoms with E-state index in [9.17, 15) is 9.59 Å². The van der Waals surface area contributed by atoms with Crippen LogP contribution in [0.1, 0.15) is 52.6 Å². The summed E-state index contributed by atoms with van der Waals surface area (Å²) in [4.78, 5) is 24.1. The third-order valence-electron chi connectivity index (χ3n) is 3.63. The normalized spacial score (nSPS) is 10.8. The van der Waals surface area contributed by atoms with Gasteiger partial charge in [0.05, 0.1) is 17.2 Å². The Morgan fingerprint density at radius 3 is 2.29 bits per heavy atom. The highest BCUT2D eigenvalue weighted by molar-refractivity contribution is 5.99. The Bertz CT molecular complexity index is 793. The summed E-state index contributed by atoms with van der Waals surface area (Å²) in [6, 6.07) is 15.4. The molecule has 0 spiro atoms. The fourth-order valence-corrected chi connectivity index (χ4v) is 2.17. The van der Waals surface area contributed by atoms with Gasteiger partial charge in [0.25, 0.3) is 0 Å². The first-order valence-corrected chi connectivity index (χ1v) is 7.62. The molecular weight excluding hydrogens is 302 g/mol. The van der Waals surface area contributed by atoms with Crippen LogP contribution in [0.3, 0.4) is 0 Å². The molecule has 122 valence electrons. The smallest absolute Gasteiger partial charge is 0.338 e. The predicted octanol–water partition coefficient (Wildman–Crippen LogP) is 3.90. The van der Waals surface area contributed by atoms with Gasteiger partial charge in [-0.25, -0.2) is 4.79 Å². The molecule has 2 aromatic carbocycles. The van der Waals surface area contributed by atoms with Crippen LogP contribution in [-0.2, 0) is 10.2 Å². The van der Waals surface area contributed by atoms with Gasteiger partial charge < -0.3 is 4.74 Å². The number of Topliss-reactive ketones (excluding diaryl/α,β-unsaturated/α-hetero) is 1. The van der Waals surface area contributed by atoms with Crippen molar-refractivity contribution in [2.45, 2.75) is 26.2 Å². The number of rotatable bonds is 4. The number of carbonyl (C=O) groups is 2. The largest absolute Gasteiger partial charge is 0.454 e. The van der Waals surface area contributed by atoms with Crippen molar-refractivity contribution in [2.24, 2.45) is 0 Å². The Hall–Kier alpha value is -2.93. The van der Waals surface area contributed by atoms with Crippen LogP contribution in [0.5, 0.6) is 0 Å². The van der Waals surface area contributed by atoms with Crippen LogP contribution < -0.4 is 0 Å². The molecule has 0 aliphatic heterocycles. The summed E-state index contributed by atoms with van der Waals surface area (Å²) in [5, 5.41) is 8.83. The second kappa shape index (κ2) is 7.10. The Balaban J connectivity index is 2.00. The molecule has 0 fully saturated rings. The SMILES string of the molecule is CC(C)(C)c1ccc(C(=O)COC(=O)c2cccc(C#N)c2)cc1. The van der Waals surface area contributed by atoms with Crippen LogP contribution in [0.15, 0.2) is 48.5 Å². The summed E-state index contributed by atoms with van der Waals surface area (Å²) in [7, 11) is 0. The minimum Gasteiger partial charge on any atom is -0.454 e. The number of carbonyl (C=O) groups excluding carboxylic acids is 2. The third-order valence-corrected chi connectivity index (χ3v) is 3.63. The number of hydrogen-bond acceptors (Lipinski definition) is 4. The predicted molar refractivity (Wildman–Crippen MR) is 90.9 cm³/mol. The first-order chi connectivity index (χ1) is 11.3. The molecule has 2 aromatic rings. The first-order valence-electron chi connectivity index (χ1n) is 7.62. The van der Waals surface area contributed by atoms with E-state index in [0.717, 1.165) is 5.56 Å². The maximum absolute atomic E-state index is 12.1. The molecule has 0 aliphatic rings. The molecule has 0 aromatic heterocycles. The number of hydrogen-bond donors (Lipinski definition) is 0. The summed E-state index contributed by atoms with van der Waals surface area (Å²) in [5.74, 6) is -0.882. The van der Waals surface area contributed by atoms with Gasteiger partial charge in [0.1, 0.15) is 0 Å². The fourth-order valence-electron chi connectivity index (χ4n) is 2.17. The van der Waals surface area contributed by atoms with Crippen molar-refractivity contribution in [1.29, 1.82) is 5.26 Å². The molecule has 0 aliphatic carbocycles. The molecule has 4 heteroatoms. The molecule has 0 N–H and O–H groups in total. The molecule has 2 rings (SSSR count). The lowest BCUT2D eigenvalue weighted by atomic mass is 9.86. The number of esters is 1.